The minimum atomic E-state index is -4.58. The van der Waals surface area contributed by atoms with Gasteiger partial charge in [-0.1, -0.05) is 71.2 Å². The molecule has 0 heterocycles. The van der Waals surface area contributed by atoms with Gasteiger partial charge in [-0.05, 0) is 61.0 Å². The molecule has 0 aliphatic heterocycles. The van der Waals surface area contributed by atoms with E-state index in [9.17, 15) is 13.2 Å². The molecule has 0 amide bonds. The maximum atomic E-state index is 13.6. The Bertz CT molecular complexity index is 885. The van der Waals surface area contributed by atoms with E-state index in [0.717, 1.165) is 18.2 Å². The monoisotopic (exact) mass is 530 g/mol. The van der Waals surface area contributed by atoms with Gasteiger partial charge in [0.2, 0.25) is 0 Å². The van der Waals surface area contributed by atoms with Crippen LogP contribution in [0.15, 0.2) is 59.2 Å². The minimum Gasteiger partial charge on any atom is -0.363 e. The number of hydrogen-bond donors (Lipinski definition) is 2. The molecule has 1 unspecified atom stereocenters. The van der Waals surface area contributed by atoms with Crippen LogP contribution >= 0.6 is 58.6 Å². The van der Waals surface area contributed by atoms with Crippen molar-refractivity contribution in [2.45, 2.75) is 25.9 Å². The molecule has 0 aliphatic carbocycles. The maximum Gasteiger partial charge on any atom is 0.399 e. The van der Waals surface area contributed by atoms with Gasteiger partial charge in [-0.25, -0.2) is 0 Å². The topological polar surface area (TPSA) is 24.1 Å². The summed E-state index contributed by atoms with van der Waals surface area (Å²) >= 11 is 29.0. The summed E-state index contributed by atoms with van der Waals surface area (Å²) in [4.78, 5) is 0. The molecule has 170 valence electrons. The summed E-state index contributed by atoms with van der Waals surface area (Å²) in [5.41, 5.74) is 0.848. The molecular weight excluding hydrogens is 511 g/mol. The minimum absolute atomic E-state index is 0.00257. The Morgan fingerprint density at radius 1 is 1.19 bits per heavy atom. The fourth-order valence-corrected chi connectivity index (χ4v) is 3.56. The van der Waals surface area contributed by atoms with Crippen molar-refractivity contribution in [2.75, 3.05) is 13.1 Å². The highest BCUT2D eigenvalue weighted by Crippen LogP contribution is 2.40. The summed E-state index contributed by atoms with van der Waals surface area (Å²) < 4.78 is 40.9. The number of thiocarbonyl (C=S) groups is 1. The Morgan fingerprint density at radius 2 is 1.77 bits per heavy atom. The van der Waals surface area contributed by atoms with Gasteiger partial charge in [0, 0.05) is 18.1 Å². The average molecular weight is 532 g/mol. The van der Waals surface area contributed by atoms with Crippen molar-refractivity contribution < 1.29 is 13.2 Å². The van der Waals surface area contributed by atoms with Crippen molar-refractivity contribution in [3.8, 4) is 0 Å². The molecule has 2 N–H and O–H groups in total. The van der Waals surface area contributed by atoms with Crippen LogP contribution in [0, 0.1) is 0 Å². The van der Waals surface area contributed by atoms with Gasteiger partial charge in [-0.3, -0.25) is 0 Å². The summed E-state index contributed by atoms with van der Waals surface area (Å²) in [6.07, 6.45) is 0.868. The van der Waals surface area contributed by atoms with Crippen LogP contribution in [0.1, 0.15) is 25.3 Å². The highest BCUT2D eigenvalue weighted by molar-refractivity contribution is 7.80. The molecule has 1 rings (SSSR count). The highest BCUT2D eigenvalue weighted by atomic mass is 35.5. The molecule has 0 bridgehead atoms. The van der Waals surface area contributed by atoms with Crippen LogP contribution in [0.4, 0.5) is 13.2 Å². The number of rotatable bonds is 8. The molecule has 0 radical (unpaired) electrons. The molecule has 31 heavy (non-hydrogen) atoms. The van der Waals surface area contributed by atoms with Gasteiger partial charge in [-0.2, -0.15) is 13.2 Å². The lowest BCUT2D eigenvalue weighted by molar-refractivity contribution is -0.139. The lowest BCUT2D eigenvalue weighted by Gasteiger charge is -2.18. The second-order valence-corrected chi connectivity index (χ2v) is 8.28. The summed E-state index contributed by atoms with van der Waals surface area (Å²) in [7, 11) is 0. The molecule has 2 nitrogen and oxygen atoms in total. The third kappa shape index (κ3) is 9.07. The van der Waals surface area contributed by atoms with E-state index in [1.54, 1.807) is 13.0 Å². The van der Waals surface area contributed by atoms with E-state index < -0.39 is 12.1 Å². The Balaban J connectivity index is 3.04. The second kappa shape index (κ2) is 12.8. The fourth-order valence-electron chi connectivity index (χ4n) is 2.41. The lowest BCUT2D eigenvalue weighted by atomic mass is 9.97. The Labute approximate surface area is 205 Å². The molecular formula is C21H21Cl4F3N2S. The van der Waals surface area contributed by atoms with Crippen LogP contribution in [-0.4, -0.2) is 24.4 Å². The van der Waals surface area contributed by atoms with Crippen molar-refractivity contribution in [1.82, 2.24) is 10.6 Å². The fraction of sp³-hybridized carbons (Fsp3) is 0.286. The van der Waals surface area contributed by atoms with Crippen LogP contribution in [0.2, 0.25) is 15.1 Å². The molecule has 0 spiro atoms. The van der Waals surface area contributed by atoms with Crippen LogP contribution < -0.4 is 10.6 Å². The van der Waals surface area contributed by atoms with Gasteiger partial charge in [-0.15, -0.1) is 0 Å². The standard InChI is InChI=1S/C21H21Cl4F3N2S/c1-4-13(11-30-20(31)29-5-2)16(22)8-12(3)6-7-15(21(26,27)28)14-9-17(23)19(25)18(24)10-14/h4,6-10,15H,3,5,11H2,1-2H3,(H2,29,30,31)/b7-6+,13-4-,16-8+. The van der Waals surface area contributed by atoms with Crippen molar-refractivity contribution in [2.24, 2.45) is 0 Å². The smallest absolute Gasteiger partial charge is 0.363 e. The van der Waals surface area contributed by atoms with E-state index in [-0.39, 0.29) is 26.2 Å². The van der Waals surface area contributed by atoms with Crippen molar-refractivity contribution >= 4 is 63.7 Å². The quantitative estimate of drug-likeness (QED) is 0.202. The van der Waals surface area contributed by atoms with Gasteiger partial charge in [0.1, 0.15) is 0 Å². The van der Waals surface area contributed by atoms with Crippen LogP contribution in [0.3, 0.4) is 0 Å². The Kier molecular flexibility index (Phi) is 11.5. The van der Waals surface area contributed by atoms with E-state index >= 15 is 0 Å². The van der Waals surface area contributed by atoms with Gasteiger partial charge < -0.3 is 10.6 Å². The normalized spacial score (nSPS) is 14.0. The Hall–Kier alpha value is -1.18. The zero-order valence-corrected chi connectivity index (χ0v) is 20.6. The summed E-state index contributed by atoms with van der Waals surface area (Å²) in [5.74, 6) is -1.95. The van der Waals surface area contributed by atoms with Crippen LogP contribution in [0.25, 0.3) is 0 Å². The average Bonchev–Trinajstić information content (AvgIpc) is 2.65. The van der Waals surface area contributed by atoms with Gasteiger partial charge in [0.05, 0.1) is 21.0 Å². The first-order valence-electron chi connectivity index (χ1n) is 9.03. The predicted octanol–water partition coefficient (Wildman–Crippen LogP) is 7.96. The number of hydrogen-bond acceptors (Lipinski definition) is 1. The third-order valence-electron chi connectivity index (χ3n) is 3.96. The molecule has 0 saturated heterocycles. The second-order valence-electron chi connectivity index (χ2n) is 6.27. The van der Waals surface area contributed by atoms with Crippen molar-refractivity contribution in [3.05, 3.63) is 79.8 Å². The molecule has 1 aromatic carbocycles. The van der Waals surface area contributed by atoms with E-state index in [4.69, 9.17) is 58.6 Å². The molecule has 0 aromatic heterocycles. The van der Waals surface area contributed by atoms with Crippen molar-refractivity contribution in [1.29, 1.82) is 0 Å². The van der Waals surface area contributed by atoms with Gasteiger partial charge in [0.15, 0.2) is 5.11 Å². The third-order valence-corrected chi connectivity index (χ3v) is 5.80. The maximum absolute atomic E-state index is 13.6. The SMILES string of the molecule is C=C(/C=C/C(c1cc(Cl)c(Cl)c(Cl)c1)C(F)(F)F)/C=C(Cl)\C(=C/C)CNC(=S)NCC. The zero-order valence-electron chi connectivity index (χ0n) is 16.7. The molecule has 10 heteroatoms. The Morgan fingerprint density at radius 3 is 2.26 bits per heavy atom. The number of nitrogens with one attached hydrogen (secondary N) is 2. The first-order valence-corrected chi connectivity index (χ1v) is 10.9. The highest BCUT2D eigenvalue weighted by Gasteiger charge is 2.39. The number of allylic oxidation sites excluding steroid dienone is 5. The number of alkyl halides is 3. The molecule has 1 atom stereocenters. The van der Waals surface area contributed by atoms with Gasteiger partial charge in [0.25, 0.3) is 0 Å². The van der Waals surface area contributed by atoms with E-state index in [1.807, 2.05) is 6.92 Å². The van der Waals surface area contributed by atoms with Crippen LogP contribution in [-0.2, 0) is 0 Å². The molecule has 1 aromatic rings. The summed E-state index contributed by atoms with van der Waals surface area (Å²) in [5, 5.41) is 6.61. The molecule has 0 aliphatic rings. The number of benzene rings is 1. The van der Waals surface area contributed by atoms with Crippen molar-refractivity contribution in [3.63, 3.8) is 0 Å². The van der Waals surface area contributed by atoms with Crippen LogP contribution in [0.5, 0.6) is 0 Å². The van der Waals surface area contributed by atoms with Gasteiger partial charge >= 0.3 is 6.18 Å². The summed E-state index contributed by atoms with van der Waals surface area (Å²) in [6.45, 7) is 8.48. The van der Waals surface area contributed by atoms with E-state index in [1.165, 1.54) is 12.2 Å². The van der Waals surface area contributed by atoms with E-state index in [2.05, 4.69) is 17.2 Å². The zero-order chi connectivity index (χ0) is 23.8. The molecule has 0 fully saturated rings. The molecule has 0 saturated carbocycles. The lowest BCUT2D eigenvalue weighted by Crippen LogP contribution is -2.36. The summed E-state index contributed by atoms with van der Waals surface area (Å²) in [6, 6.07) is 2.28. The van der Waals surface area contributed by atoms with E-state index in [0.29, 0.717) is 28.8 Å². The first-order chi connectivity index (χ1) is 14.4. The number of halogens is 7. The predicted molar refractivity (Wildman–Crippen MR) is 131 cm³/mol. The largest absolute Gasteiger partial charge is 0.399 e. The first kappa shape index (κ1) is 27.9.